The van der Waals surface area contributed by atoms with Gasteiger partial charge in [-0.15, -0.1) is 0 Å². The zero-order valence-corrected chi connectivity index (χ0v) is 16.4. The molecule has 1 aliphatic rings. The standard InChI is InChI=1S/C23H30N2O2/c1-3-27-22-6-4-5-20(15-22)17-25-13-11-21(12-14-25)23(26)24-16-19-9-7-18(2)8-10-19/h4-10,15,21H,3,11-14,16-17H2,1-2H3,(H,24,26). The van der Waals surface area contributed by atoms with Crippen molar-refractivity contribution in [1.29, 1.82) is 0 Å². The summed E-state index contributed by atoms with van der Waals surface area (Å²) in [4.78, 5) is 14.9. The summed E-state index contributed by atoms with van der Waals surface area (Å²) in [6, 6.07) is 16.6. The average Bonchev–Trinajstić information content (AvgIpc) is 2.68. The Morgan fingerprint density at radius 1 is 1.11 bits per heavy atom. The van der Waals surface area contributed by atoms with Crippen molar-refractivity contribution in [2.75, 3.05) is 19.7 Å². The van der Waals surface area contributed by atoms with Crippen molar-refractivity contribution in [3.05, 3.63) is 65.2 Å². The fraction of sp³-hybridized carbons (Fsp3) is 0.435. The Kier molecular flexibility index (Phi) is 6.88. The van der Waals surface area contributed by atoms with Gasteiger partial charge in [0.15, 0.2) is 0 Å². The van der Waals surface area contributed by atoms with E-state index in [0.29, 0.717) is 13.2 Å². The highest BCUT2D eigenvalue weighted by molar-refractivity contribution is 5.78. The highest BCUT2D eigenvalue weighted by atomic mass is 16.5. The van der Waals surface area contributed by atoms with E-state index < -0.39 is 0 Å². The molecule has 144 valence electrons. The van der Waals surface area contributed by atoms with Gasteiger partial charge in [-0.1, -0.05) is 42.0 Å². The molecule has 0 unspecified atom stereocenters. The summed E-state index contributed by atoms with van der Waals surface area (Å²) in [5.74, 6) is 1.25. The molecule has 0 spiro atoms. The monoisotopic (exact) mass is 366 g/mol. The fourth-order valence-corrected chi connectivity index (χ4v) is 3.55. The molecule has 1 aliphatic heterocycles. The lowest BCUT2D eigenvalue weighted by molar-refractivity contribution is -0.126. The molecule has 1 fully saturated rings. The van der Waals surface area contributed by atoms with E-state index in [4.69, 9.17) is 4.74 Å². The number of hydrogen-bond donors (Lipinski definition) is 1. The molecule has 2 aromatic rings. The minimum absolute atomic E-state index is 0.126. The van der Waals surface area contributed by atoms with Crippen LogP contribution in [0.4, 0.5) is 0 Å². The van der Waals surface area contributed by atoms with Crippen LogP contribution in [0, 0.1) is 12.8 Å². The van der Waals surface area contributed by atoms with Crippen molar-refractivity contribution >= 4 is 5.91 Å². The van der Waals surface area contributed by atoms with Gasteiger partial charge in [0.25, 0.3) is 0 Å². The van der Waals surface area contributed by atoms with Gasteiger partial charge in [0.1, 0.15) is 5.75 Å². The van der Waals surface area contributed by atoms with Crippen LogP contribution in [-0.2, 0) is 17.9 Å². The number of nitrogens with one attached hydrogen (secondary N) is 1. The summed E-state index contributed by atoms with van der Waals surface area (Å²) < 4.78 is 5.58. The lowest BCUT2D eigenvalue weighted by atomic mass is 9.95. The molecule has 1 heterocycles. The second kappa shape index (κ2) is 9.56. The third kappa shape index (κ3) is 5.83. The van der Waals surface area contributed by atoms with Crippen LogP contribution in [0.2, 0.25) is 0 Å². The Labute approximate surface area is 162 Å². The van der Waals surface area contributed by atoms with Gasteiger partial charge in [0, 0.05) is 19.0 Å². The molecule has 27 heavy (non-hydrogen) atoms. The van der Waals surface area contributed by atoms with Crippen LogP contribution in [0.3, 0.4) is 0 Å². The highest BCUT2D eigenvalue weighted by Crippen LogP contribution is 2.21. The van der Waals surface area contributed by atoms with E-state index in [2.05, 4.69) is 53.5 Å². The Bertz CT molecular complexity index is 734. The third-order valence-corrected chi connectivity index (χ3v) is 5.16. The first kappa shape index (κ1) is 19.4. The van der Waals surface area contributed by atoms with Crippen LogP contribution in [0.1, 0.15) is 36.5 Å². The summed E-state index contributed by atoms with van der Waals surface area (Å²) >= 11 is 0. The molecule has 4 heteroatoms. The van der Waals surface area contributed by atoms with Gasteiger partial charge in [0.05, 0.1) is 6.61 Å². The number of amides is 1. The summed E-state index contributed by atoms with van der Waals surface area (Å²) in [6.45, 7) is 8.21. The van der Waals surface area contributed by atoms with E-state index >= 15 is 0 Å². The SMILES string of the molecule is CCOc1cccc(CN2CCC(C(=O)NCc3ccc(C)cc3)CC2)c1. The minimum Gasteiger partial charge on any atom is -0.494 e. The topological polar surface area (TPSA) is 41.6 Å². The van der Waals surface area contributed by atoms with E-state index in [1.807, 2.05) is 19.1 Å². The highest BCUT2D eigenvalue weighted by Gasteiger charge is 2.24. The summed E-state index contributed by atoms with van der Waals surface area (Å²) in [5, 5.41) is 3.10. The average molecular weight is 367 g/mol. The van der Waals surface area contributed by atoms with E-state index in [0.717, 1.165) is 43.8 Å². The molecular formula is C23H30N2O2. The van der Waals surface area contributed by atoms with Crippen LogP contribution in [0.15, 0.2) is 48.5 Å². The molecule has 0 radical (unpaired) electrons. The Morgan fingerprint density at radius 2 is 1.85 bits per heavy atom. The van der Waals surface area contributed by atoms with Crippen molar-refractivity contribution in [2.24, 2.45) is 5.92 Å². The van der Waals surface area contributed by atoms with Gasteiger partial charge >= 0.3 is 0 Å². The lowest BCUT2D eigenvalue weighted by Gasteiger charge is -2.31. The number of aryl methyl sites for hydroxylation is 1. The fourth-order valence-electron chi connectivity index (χ4n) is 3.55. The van der Waals surface area contributed by atoms with Crippen LogP contribution in [-0.4, -0.2) is 30.5 Å². The quantitative estimate of drug-likeness (QED) is 0.807. The number of piperidine rings is 1. The third-order valence-electron chi connectivity index (χ3n) is 5.16. The molecular weight excluding hydrogens is 336 g/mol. The number of ether oxygens (including phenoxy) is 1. The zero-order valence-electron chi connectivity index (χ0n) is 16.4. The van der Waals surface area contributed by atoms with E-state index in [9.17, 15) is 4.79 Å². The first-order chi connectivity index (χ1) is 13.1. The molecule has 2 aromatic carbocycles. The summed E-state index contributed by atoms with van der Waals surface area (Å²) in [6.07, 6.45) is 1.84. The van der Waals surface area contributed by atoms with Crippen molar-refractivity contribution in [3.63, 3.8) is 0 Å². The maximum absolute atomic E-state index is 12.5. The molecule has 1 N–H and O–H groups in total. The van der Waals surface area contributed by atoms with Gasteiger partial charge in [0.2, 0.25) is 5.91 Å². The Hall–Kier alpha value is -2.33. The molecule has 3 rings (SSSR count). The zero-order chi connectivity index (χ0) is 19.1. The second-order valence-electron chi connectivity index (χ2n) is 7.33. The number of likely N-dealkylation sites (tertiary alicyclic amines) is 1. The molecule has 0 bridgehead atoms. The van der Waals surface area contributed by atoms with Crippen molar-refractivity contribution in [2.45, 2.75) is 39.8 Å². The van der Waals surface area contributed by atoms with E-state index in [1.165, 1.54) is 11.1 Å². The van der Waals surface area contributed by atoms with E-state index in [-0.39, 0.29) is 11.8 Å². The first-order valence-corrected chi connectivity index (χ1v) is 9.91. The number of rotatable bonds is 7. The van der Waals surface area contributed by atoms with Gasteiger partial charge in [-0.2, -0.15) is 0 Å². The number of carbonyl (C=O) groups excluding carboxylic acids is 1. The van der Waals surface area contributed by atoms with Crippen molar-refractivity contribution < 1.29 is 9.53 Å². The van der Waals surface area contributed by atoms with Gasteiger partial charge < -0.3 is 10.1 Å². The molecule has 1 amide bonds. The van der Waals surface area contributed by atoms with Gasteiger partial charge in [-0.3, -0.25) is 9.69 Å². The number of benzene rings is 2. The molecule has 4 nitrogen and oxygen atoms in total. The Morgan fingerprint density at radius 3 is 2.56 bits per heavy atom. The first-order valence-electron chi connectivity index (χ1n) is 9.91. The summed E-state index contributed by atoms with van der Waals surface area (Å²) in [5.41, 5.74) is 3.66. The van der Waals surface area contributed by atoms with Gasteiger partial charge in [-0.25, -0.2) is 0 Å². The lowest BCUT2D eigenvalue weighted by Crippen LogP contribution is -2.40. The predicted molar refractivity (Wildman–Crippen MR) is 109 cm³/mol. The van der Waals surface area contributed by atoms with Crippen LogP contribution in [0.25, 0.3) is 0 Å². The molecule has 0 saturated carbocycles. The molecule has 0 aliphatic carbocycles. The number of nitrogens with zero attached hydrogens (tertiary/aromatic N) is 1. The predicted octanol–water partition coefficient (Wildman–Crippen LogP) is 3.92. The second-order valence-corrected chi connectivity index (χ2v) is 7.33. The molecule has 1 saturated heterocycles. The molecule has 0 aromatic heterocycles. The molecule has 0 atom stereocenters. The number of carbonyl (C=O) groups is 1. The Balaban J connectivity index is 1.43. The summed E-state index contributed by atoms with van der Waals surface area (Å²) in [7, 11) is 0. The van der Waals surface area contributed by atoms with Gasteiger partial charge in [-0.05, 0) is 63.0 Å². The number of hydrogen-bond acceptors (Lipinski definition) is 3. The van der Waals surface area contributed by atoms with Crippen LogP contribution >= 0.6 is 0 Å². The van der Waals surface area contributed by atoms with Crippen LogP contribution < -0.4 is 10.1 Å². The maximum atomic E-state index is 12.5. The largest absolute Gasteiger partial charge is 0.494 e. The normalized spacial score (nSPS) is 15.5. The van der Waals surface area contributed by atoms with Crippen LogP contribution in [0.5, 0.6) is 5.75 Å². The van der Waals surface area contributed by atoms with Crippen molar-refractivity contribution in [3.8, 4) is 5.75 Å². The minimum atomic E-state index is 0.126. The van der Waals surface area contributed by atoms with E-state index in [1.54, 1.807) is 0 Å². The van der Waals surface area contributed by atoms with Crippen molar-refractivity contribution in [1.82, 2.24) is 10.2 Å². The smallest absolute Gasteiger partial charge is 0.223 e. The maximum Gasteiger partial charge on any atom is 0.223 e.